The molecule has 8 nitrogen and oxygen atoms in total. The maximum atomic E-state index is 12.9. The second-order valence-corrected chi connectivity index (χ2v) is 7.58. The molecule has 8 heteroatoms. The molecule has 2 aromatic rings. The van der Waals surface area contributed by atoms with Crippen LogP contribution in [0.2, 0.25) is 0 Å². The Hall–Kier alpha value is -3.42. The average Bonchev–Trinajstić information content (AvgIpc) is 3.30. The maximum absolute atomic E-state index is 12.9. The summed E-state index contributed by atoms with van der Waals surface area (Å²) in [5.74, 6) is 2.54. The third kappa shape index (κ3) is 4.52. The van der Waals surface area contributed by atoms with Gasteiger partial charge in [-0.15, -0.1) is 0 Å². The number of fused-ring (bicyclic) bond motifs is 1. The molecule has 164 valence electrons. The Morgan fingerprint density at radius 3 is 2.42 bits per heavy atom. The van der Waals surface area contributed by atoms with Crippen molar-refractivity contribution >= 4 is 11.8 Å². The zero-order valence-electron chi connectivity index (χ0n) is 17.7. The van der Waals surface area contributed by atoms with Gasteiger partial charge in [0.05, 0.1) is 14.2 Å². The van der Waals surface area contributed by atoms with Crippen molar-refractivity contribution in [1.82, 2.24) is 10.2 Å². The van der Waals surface area contributed by atoms with Crippen LogP contribution in [0.15, 0.2) is 36.4 Å². The highest BCUT2D eigenvalue weighted by molar-refractivity contribution is 5.95. The Morgan fingerprint density at radius 2 is 1.68 bits per heavy atom. The molecule has 4 rings (SSSR count). The third-order valence-corrected chi connectivity index (χ3v) is 5.72. The van der Waals surface area contributed by atoms with Crippen molar-refractivity contribution in [3.05, 3.63) is 47.5 Å². The molecule has 0 radical (unpaired) electrons. The van der Waals surface area contributed by atoms with Gasteiger partial charge in [0.2, 0.25) is 6.79 Å². The minimum atomic E-state index is -0.137. The molecule has 0 spiro atoms. The van der Waals surface area contributed by atoms with E-state index in [-0.39, 0.29) is 18.6 Å². The number of hydrogen-bond donors (Lipinski definition) is 1. The van der Waals surface area contributed by atoms with Gasteiger partial charge >= 0.3 is 0 Å². The highest BCUT2D eigenvalue weighted by Crippen LogP contribution is 2.32. The summed E-state index contributed by atoms with van der Waals surface area (Å²) in [6, 6.07) is 10.4. The molecular formula is C23H26N2O6. The molecule has 1 fully saturated rings. The van der Waals surface area contributed by atoms with E-state index in [1.165, 1.54) is 0 Å². The number of carbonyl (C=O) groups excluding carboxylic acids is 2. The zero-order valence-corrected chi connectivity index (χ0v) is 17.7. The molecule has 0 bridgehead atoms. The molecule has 2 heterocycles. The number of likely N-dealkylation sites (tertiary alicyclic amines) is 1. The van der Waals surface area contributed by atoms with E-state index in [9.17, 15) is 9.59 Å². The van der Waals surface area contributed by atoms with Crippen molar-refractivity contribution in [1.29, 1.82) is 0 Å². The Balaban J connectivity index is 1.28. The van der Waals surface area contributed by atoms with Gasteiger partial charge in [-0.2, -0.15) is 0 Å². The van der Waals surface area contributed by atoms with Crippen LogP contribution >= 0.6 is 0 Å². The van der Waals surface area contributed by atoms with E-state index in [0.29, 0.717) is 59.7 Å². The Bertz CT molecular complexity index is 969. The van der Waals surface area contributed by atoms with Gasteiger partial charge in [0.25, 0.3) is 11.8 Å². The fourth-order valence-electron chi connectivity index (χ4n) is 3.87. The van der Waals surface area contributed by atoms with Crippen LogP contribution in [0.25, 0.3) is 0 Å². The molecular weight excluding hydrogens is 400 g/mol. The van der Waals surface area contributed by atoms with E-state index in [0.717, 1.165) is 12.8 Å². The van der Waals surface area contributed by atoms with Gasteiger partial charge in [-0.3, -0.25) is 9.59 Å². The zero-order chi connectivity index (χ0) is 21.8. The van der Waals surface area contributed by atoms with Crippen LogP contribution in [0.5, 0.6) is 23.0 Å². The molecule has 1 saturated heterocycles. The summed E-state index contributed by atoms with van der Waals surface area (Å²) < 4.78 is 21.1. The summed E-state index contributed by atoms with van der Waals surface area (Å²) in [4.78, 5) is 27.2. The van der Waals surface area contributed by atoms with E-state index in [2.05, 4.69) is 5.32 Å². The minimum Gasteiger partial charge on any atom is -0.493 e. The van der Waals surface area contributed by atoms with E-state index in [1.807, 2.05) is 4.90 Å². The predicted molar refractivity (Wildman–Crippen MR) is 113 cm³/mol. The number of rotatable bonds is 6. The van der Waals surface area contributed by atoms with Gasteiger partial charge in [0.1, 0.15) is 0 Å². The number of ether oxygens (including phenoxy) is 4. The Labute approximate surface area is 181 Å². The van der Waals surface area contributed by atoms with Crippen LogP contribution in [0.1, 0.15) is 33.6 Å². The van der Waals surface area contributed by atoms with Crippen LogP contribution in [-0.2, 0) is 0 Å². The lowest BCUT2D eigenvalue weighted by Crippen LogP contribution is -2.41. The highest BCUT2D eigenvalue weighted by Gasteiger charge is 2.25. The number of hydrogen-bond acceptors (Lipinski definition) is 6. The predicted octanol–water partition coefficient (Wildman–Crippen LogP) is 2.71. The first-order valence-electron chi connectivity index (χ1n) is 10.3. The fraction of sp³-hybridized carbons (Fsp3) is 0.391. The summed E-state index contributed by atoms with van der Waals surface area (Å²) >= 11 is 0. The van der Waals surface area contributed by atoms with Gasteiger partial charge in [-0.1, -0.05) is 0 Å². The van der Waals surface area contributed by atoms with Crippen molar-refractivity contribution in [3.8, 4) is 23.0 Å². The number of carbonyl (C=O) groups is 2. The second-order valence-electron chi connectivity index (χ2n) is 7.58. The average molecular weight is 426 g/mol. The molecule has 0 unspecified atom stereocenters. The van der Waals surface area contributed by atoms with E-state index >= 15 is 0 Å². The minimum absolute atomic E-state index is 0.0243. The van der Waals surface area contributed by atoms with Gasteiger partial charge in [0.15, 0.2) is 23.0 Å². The SMILES string of the molecule is COc1ccc(C(=O)N2CCC(CNC(=O)c3ccc4c(c3)OCO4)CC2)cc1OC. The first-order valence-corrected chi connectivity index (χ1v) is 10.3. The smallest absolute Gasteiger partial charge is 0.253 e. The number of piperidine rings is 1. The molecule has 0 atom stereocenters. The first kappa shape index (κ1) is 20.8. The third-order valence-electron chi connectivity index (χ3n) is 5.72. The number of nitrogens with zero attached hydrogens (tertiary/aromatic N) is 1. The molecule has 0 saturated carbocycles. The lowest BCUT2D eigenvalue weighted by atomic mass is 9.96. The molecule has 0 aromatic heterocycles. The molecule has 2 amide bonds. The number of methoxy groups -OCH3 is 2. The first-order chi connectivity index (χ1) is 15.1. The second kappa shape index (κ2) is 9.16. The quantitative estimate of drug-likeness (QED) is 0.765. The summed E-state index contributed by atoms with van der Waals surface area (Å²) in [5.41, 5.74) is 1.12. The van der Waals surface area contributed by atoms with Crippen LogP contribution < -0.4 is 24.3 Å². The Morgan fingerprint density at radius 1 is 0.968 bits per heavy atom. The van der Waals surface area contributed by atoms with Crippen LogP contribution in [0, 0.1) is 5.92 Å². The standard InChI is InChI=1S/C23H26N2O6/c1-28-18-5-4-17(12-20(18)29-2)23(27)25-9-7-15(8-10-25)13-24-22(26)16-3-6-19-21(11-16)31-14-30-19/h3-6,11-12,15H,7-10,13-14H2,1-2H3,(H,24,26). The van der Waals surface area contributed by atoms with Gasteiger partial charge in [0, 0.05) is 30.8 Å². The molecule has 31 heavy (non-hydrogen) atoms. The van der Waals surface area contributed by atoms with E-state index in [1.54, 1.807) is 50.6 Å². The summed E-state index contributed by atoms with van der Waals surface area (Å²) in [6.45, 7) is 2.06. The summed E-state index contributed by atoms with van der Waals surface area (Å²) in [5, 5.41) is 2.99. The van der Waals surface area contributed by atoms with Gasteiger partial charge in [-0.25, -0.2) is 0 Å². The molecule has 2 aliphatic rings. The summed E-state index contributed by atoms with van der Waals surface area (Å²) in [6.07, 6.45) is 1.67. The normalized spacial score (nSPS) is 15.5. The highest BCUT2D eigenvalue weighted by atomic mass is 16.7. The van der Waals surface area contributed by atoms with Crippen molar-refractivity contribution in [2.45, 2.75) is 12.8 Å². The van der Waals surface area contributed by atoms with Gasteiger partial charge < -0.3 is 29.2 Å². The lowest BCUT2D eigenvalue weighted by molar-refractivity contribution is 0.0684. The van der Waals surface area contributed by atoms with Crippen molar-refractivity contribution < 1.29 is 28.5 Å². The van der Waals surface area contributed by atoms with Gasteiger partial charge in [-0.05, 0) is 55.2 Å². The van der Waals surface area contributed by atoms with Crippen LogP contribution in [-0.4, -0.2) is 57.4 Å². The van der Waals surface area contributed by atoms with E-state index < -0.39 is 0 Å². The van der Waals surface area contributed by atoms with Crippen LogP contribution in [0.4, 0.5) is 0 Å². The molecule has 2 aromatic carbocycles. The topological polar surface area (TPSA) is 86.3 Å². The number of nitrogens with one attached hydrogen (secondary N) is 1. The van der Waals surface area contributed by atoms with Crippen LogP contribution in [0.3, 0.4) is 0 Å². The monoisotopic (exact) mass is 426 g/mol. The van der Waals surface area contributed by atoms with Crippen molar-refractivity contribution in [2.24, 2.45) is 5.92 Å². The van der Waals surface area contributed by atoms with E-state index in [4.69, 9.17) is 18.9 Å². The van der Waals surface area contributed by atoms with Crippen molar-refractivity contribution in [2.75, 3.05) is 40.6 Å². The fourth-order valence-corrected chi connectivity index (χ4v) is 3.87. The number of benzene rings is 2. The molecule has 0 aliphatic carbocycles. The van der Waals surface area contributed by atoms with Crippen molar-refractivity contribution in [3.63, 3.8) is 0 Å². The molecule has 2 aliphatic heterocycles. The Kier molecular flexibility index (Phi) is 6.16. The largest absolute Gasteiger partial charge is 0.493 e. The summed E-state index contributed by atoms with van der Waals surface area (Å²) in [7, 11) is 3.12. The molecule has 1 N–H and O–H groups in total. The maximum Gasteiger partial charge on any atom is 0.253 e. The number of amides is 2. The lowest BCUT2D eigenvalue weighted by Gasteiger charge is -2.32.